The van der Waals surface area contributed by atoms with Gasteiger partial charge in [0.25, 0.3) is 0 Å². The third-order valence-corrected chi connectivity index (χ3v) is 6.31. The van der Waals surface area contributed by atoms with Crippen LogP contribution in [0.5, 0.6) is 0 Å². The summed E-state index contributed by atoms with van der Waals surface area (Å²) in [5.41, 5.74) is 0.758. The fourth-order valence-electron chi connectivity index (χ4n) is 1.52. The second-order valence-electron chi connectivity index (χ2n) is 3.66. The van der Waals surface area contributed by atoms with Crippen molar-refractivity contribution in [2.75, 3.05) is 11.5 Å². The van der Waals surface area contributed by atoms with Gasteiger partial charge in [0.1, 0.15) is 16.1 Å². The van der Waals surface area contributed by atoms with Gasteiger partial charge in [0, 0.05) is 22.3 Å². The van der Waals surface area contributed by atoms with Gasteiger partial charge in [0.15, 0.2) is 0 Å². The molecule has 2 unspecified atom stereocenters. The topological polar surface area (TPSA) is 25.8 Å². The zero-order valence-corrected chi connectivity index (χ0v) is 12.2. The molecule has 0 radical (unpaired) electrons. The Kier molecular flexibility index (Phi) is 4.27. The van der Waals surface area contributed by atoms with E-state index in [1.165, 1.54) is 5.75 Å². The maximum atomic E-state index is 6.03. The van der Waals surface area contributed by atoms with E-state index in [2.05, 4.69) is 16.9 Å². The number of rotatable bonds is 1. The van der Waals surface area contributed by atoms with Crippen molar-refractivity contribution in [3.63, 3.8) is 0 Å². The Balaban J connectivity index is 2.32. The lowest BCUT2D eigenvalue weighted by atomic mass is 10.3. The van der Waals surface area contributed by atoms with E-state index in [-0.39, 0.29) is 0 Å². The number of nitrogens with zero attached hydrogens (tertiary/aromatic N) is 2. The number of thioether (sulfide) groups is 2. The van der Waals surface area contributed by atoms with Crippen LogP contribution >= 0.6 is 46.7 Å². The molecule has 2 heterocycles. The van der Waals surface area contributed by atoms with Gasteiger partial charge in [-0.05, 0) is 6.92 Å². The average molecular weight is 295 g/mol. The number of halogens is 2. The van der Waals surface area contributed by atoms with Crippen molar-refractivity contribution in [3.05, 3.63) is 21.7 Å². The van der Waals surface area contributed by atoms with Gasteiger partial charge in [-0.15, -0.1) is 11.8 Å². The quantitative estimate of drug-likeness (QED) is 0.731. The van der Waals surface area contributed by atoms with Crippen molar-refractivity contribution in [3.8, 4) is 0 Å². The maximum absolute atomic E-state index is 6.03. The Morgan fingerprint density at radius 2 is 1.69 bits per heavy atom. The molecule has 0 amide bonds. The summed E-state index contributed by atoms with van der Waals surface area (Å²) in [5, 5.41) is 1.75. The zero-order valence-electron chi connectivity index (χ0n) is 9.04. The van der Waals surface area contributed by atoms with E-state index in [9.17, 15) is 0 Å². The van der Waals surface area contributed by atoms with Crippen LogP contribution in [-0.2, 0) is 0 Å². The van der Waals surface area contributed by atoms with E-state index in [1.807, 2.05) is 30.4 Å². The molecule has 16 heavy (non-hydrogen) atoms. The molecule has 2 atom stereocenters. The van der Waals surface area contributed by atoms with E-state index in [0.717, 1.165) is 17.1 Å². The highest BCUT2D eigenvalue weighted by Crippen LogP contribution is 2.41. The Morgan fingerprint density at radius 3 is 2.25 bits per heavy atom. The third-order valence-electron chi connectivity index (χ3n) is 2.49. The molecule has 2 rings (SSSR count). The minimum atomic E-state index is 0.300. The fourth-order valence-corrected chi connectivity index (χ4v) is 4.61. The van der Waals surface area contributed by atoms with E-state index in [4.69, 9.17) is 23.2 Å². The van der Waals surface area contributed by atoms with Gasteiger partial charge in [-0.2, -0.15) is 11.8 Å². The lowest BCUT2D eigenvalue weighted by Crippen LogP contribution is -2.18. The molecule has 1 aliphatic rings. The molecule has 0 bridgehead atoms. The average Bonchev–Trinajstić information content (AvgIpc) is 2.26. The van der Waals surface area contributed by atoms with Gasteiger partial charge in [-0.25, -0.2) is 9.97 Å². The molecule has 0 N–H and O–H groups in total. The van der Waals surface area contributed by atoms with Crippen LogP contribution in [0, 0.1) is 6.92 Å². The molecule has 1 aliphatic heterocycles. The molecule has 0 saturated carbocycles. The van der Waals surface area contributed by atoms with Crippen molar-refractivity contribution < 1.29 is 0 Å². The number of hydrogen-bond donors (Lipinski definition) is 0. The van der Waals surface area contributed by atoms with Gasteiger partial charge in [0.05, 0.1) is 5.25 Å². The van der Waals surface area contributed by atoms with Gasteiger partial charge >= 0.3 is 0 Å². The van der Waals surface area contributed by atoms with E-state index >= 15 is 0 Å². The largest absolute Gasteiger partial charge is 0.220 e. The Hall–Kier alpha value is 0.360. The van der Waals surface area contributed by atoms with Crippen molar-refractivity contribution >= 4 is 46.7 Å². The number of aromatic nitrogens is 2. The van der Waals surface area contributed by atoms with Crippen molar-refractivity contribution in [1.29, 1.82) is 0 Å². The highest BCUT2D eigenvalue weighted by Gasteiger charge is 2.27. The van der Waals surface area contributed by atoms with Crippen LogP contribution < -0.4 is 0 Å². The first-order valence-corrected chi connectivity index (χ1v) is 7.87. The second kappa shape index (κ2) is 5.34. The maximum Gasteiger partial charge on any atom is 0.145 e. The lowest BCUT2D eigenvalue weighted by molar-refractivity contribution is 0.820. The Labute approximate surface area is 114 Å². The highest BCUT2D eigenvalue weighted by atomic mass is 35.5. The molecule has 2 nitrogen and oxygen atoms in total. The zero-order chi connectivity index (χ0) is 11.7. The predicted octanol–water partition coefficient (Wildman–Crippen LogP) is 4.00. The molecule has 0 spiro atoms. The summed E-state index contributed by atoms with van der Waals surface area (Å²) < 4.78 is 0. The fraction of sp³-hybridized carbons (Fsp3) is 0.600. The first-order chi connectivity index (χ1) is 7.59. The molecule has 1 aromatic rings. The lowest BCUT2D eigenvalue weighted by Gasteiger charge is -2.26. The van der Waals surface area contributed by atoms with E-state index in [0.29, 0.717) is 20.8 Å². The standard InChI is InChI=1S/C10H12Cl2N2S2/c1-5-8(11)13-10(14-9(5)12)7-6(2)15-3-4-16-7/h6-7H,3-4H2,1-2H3. The summed E-state index contributed by atoms with van der Waals surface area (Å²) >= 11 is 15.9. The van der Waals surface area contributed by atoms with Crippen molar-refractivity contribution in [2.45, 2.75) is 24.3 Å². The van der Waals surface area contributed by atoms with E-state index in [1.54, 1.807) is 0 Å². The minimum absolute atomic E-state index is 0.300. The predicted molar refractivity (Wildman–Crippen MR) is 73.9 cm³/mol. The number of hydrogen-bond acceptors (Lipinski definition) is 4. The Bertz CT molecular complexity index is 377. The van der Waals surface area contributed by atoms with Gasteiger partial charge < -0.3 is 0 Å². The van der Waals surface area contributed by atoms with Gasteiger partial charge in [-0.1, -0.05) is 30.1 Å². The monoisotopic (exact) mass is 294 g/mol. The first-order valence-electron chi connectivity index (χ1n) is 5.02. The molecule has 1 aromatic heterocycles. The third kappa shape index (κ3) is 2.61. The summed E-state index contributed by atoms with van der Waals surface area (Å²) in [4.78, 5) is 8.69. The molecule has 1 fully saturated rings. The summed E-state index contributed by atoms with van der Waals surface area (Å²) in [5.74, 6) is 3.09. The summed E-state index contributed by atoms with van der Waals surface area (Å²) in [7, 11) is 0. The Morgan fingerprint density at radius 1 is 1.12 bits per heavy atom. The van der Waals surface area contributed by atoms with Crippen LogP contribution in [0.2, 0.25) is 10.3 Å². The van der Waals surface area contributed by atoms with E-state index < -0.39 is 0 Å². The SMILES string of the molecule is Cc1c(Cl)nc(C2SCCSC2C)nc1Cl. The molecule has 1 saturated heterocycles. The highest BCUT2D eigenvalue weighted by molar-refractivity contribution is 8.06. The molecule has 0 aromatic carbocycles. The molecule has 88 valence electrons. The van der Waals surface area contributed by atoms with Gasteiger partial charge in [0.2, 0.25) is 0 Å². The minimum Gasteiger partial charge on any atom is -0.220 e. The molecular weight excluding hydrogens is 283 g/mol. The molecule has 0 aliphatic carbocycles. The van der Waals surface area contributed by atoms with Crippen LogP contribution in [0.3, 0.4) is 0 Å². The van der Waals surface area contributed by atoms with Crippen molar-refractivity contribution in [2.24, 2.45) is 0 Å². The smallest absolute Gasteiger partial charge is 0.145 e. The first kappa shape index (κ1) is 12.8. The van der Waals surface area contributed by atoms with Crippen LogP contribution in [0.4, 0.5) is 0 Å². The van der Waals surface area contributed by atoms with Crippen molar-refractivity contribution in [1.82, 2.24) is 9.97 Å². The van der Waals surface area contributed by atoms with Crippen LogP contribution in [0.1, 0.15) is 23.6 Å². The summed E-state index contributed by atoms with van der Waals surface area (Å²) in [6.07, 6.45) is 0. The van der Waals surface area contributed by atoms with Crippen LogP contribution in [0.25, 0.3) is 0 Å². The molecular formula is C10H12Cl2N2S2. The van der Waals surface area contributed by atoms with Gasteiger partial charge in [-0.3, -0.25) is 0 Å². The second-order valence-corrected chi connectivity index (χ2v) is 7.11. The van der Waals surface area contributed by atoms with Crippen LogP contribution in [0.15, 0.2) is 0 Å². The normalized spacial score (nSPS) is 25.8. The van der Waals surface area contributed by atoms with Crippen LogP contribution in [-0.4, -0.2) is 26.7 Å². The summed E-state index contributed by atoms with van der Waals surface area (Å²) in [6.45, 7) is 4.03. The molecule has 6 heteroatoms. The summed E-state index contributed by atoms with van der Waals surface area (Å²) in [6, 6.07) is 0.